The number of hydrogen-bond acceptors (Lipinski definition) is 4. The van der Waals surface area contributed by atoms with Gasteiger partial charge in [-0.25, -0.2) is 0 Å². The summed E-state index contributed by atoms with van der Waals surface area (Å²) in [5.74, 6) is -0.129. The molecule has 108 valence electrons. The average molecular weight is 275 g/mol. The first-order chi connectivity index (χ1) is 9.70. The van der Waals surface area contributed by atoms with Crippen LogP contribution in [0, 0.1) is 0 Å². The molecule has 0 aromatic heterocycles. The van der Waals surface area contributed by atoms with Gasteiger partial charge >= 0.3 is 0 Å². The van der Waals surface area contributed by atoms with Gasteiger partial charge in [-0.1, -0.05) is 6.07 Å². The van der Waals surface area contributed by atoms with E-state index < -0.39 is 6.04 Å². The summed E-state index contributed by atoms with van der Waals surface area (Å²) in [4.78, 5) is 14.0. The molecule has 2 unspecified atom stereocenters. The maximum Gasteiger partial charge on any atom is 0.245 e. The van der Waals surface area contributed by atoms with E-state index >= 15 is 0 Å². The summed E-state index contributed by atoms with van der Waals surface area (Å²) in [7, 11) is 0. The number of aliphatic hydroxyl groups excluding tert-OH is 1. The van der Waals surface area contributed by atoms with E-state index in [4.69, 9.17) is 10.8 Å². The molecular weight excluding hydrogens is 254 g/mol. The molecule has 2 heterocycles. The number of benzene rings is 1. The van der Waals surface area contributed by atoms with Crippen LogP contribution in [-0.4, -0.2) is 30.2 Å². The normalized spacial score (nSPS) is 24.9. The molecule has 1 aromatic carbocycles. The summed E-state index contributed by atoms with van der Waals surface area (Å²) in [5.41, 5.74) is 8.69. The molecule has 0 aliphatic carbocycles. The highest BCUT2D eigenvalue weighted by molar-refractivity contribution is 6.03. The third kappa shape index (κ3) is 2.27. The smallest absolute Gasteiger partial charge is 0.245 e. The highest BCUT2D eigenvalue weighted by atomic mass is 16.2. The van der Waals surface area contributed by atoms with Crippen LogP contribution in [-0.2, 0) is 4.79 Å². The van der Waals surface area contributed by atoms with E-state index in [1.165, 1.54) is 12.8 Å². The van der Waals surface area contributed by atoms with Crippen molar-refractivity contribution in [1.29, 1.82) is 0 Å². The fraction of sp³-hybridized carbons (Fsp3) is 0.533. The highest BCUT2D eigenvalue weighted by Gasteiger charge is 2.29. The van der Waals surface area contributed by atoms with Gasteiger partial charge in [-0.05, 0) is 37.8 Å². The summed E-state index contributed by atoms with van der Waals surface area (Å²) < 4.78 is 0. The number of amides is 1. The molecule has 1 fully saturated rings. The number of nitrogens with zero attached hydrogens (tertiary/aromatic N) is 1. The molecule has 1 aromatic rings. The number of carbonyl (C=O) groups is 1. The number of carbonyl (C=O) groups excluding carboxylic acids is 1. The van der Waals surface area contributed by atoms with Gasteiger partial charge in [-0.2, -0.15) is 0 Å². The van der Waals surface area contributed by atoms with E-state index in [9.17, 15) is 4.79 Å². The van der Waals surface area contributed by atoms with E-state index in [1.807, 2.05) is 12.1 Å². The first-order valence-corrected chi connectivity index (χ1v) is 7.28. The van der Waals surface area contributed by atoms with Crippen LogP contribution in [0.2, 0.25) is 0 Å². The zero-order valence-electron chi connectivity index (χ0n) is 11.5. The number of hydrogen-bond donors (Lipinski definition) is 3. The topological polar surface area (TPSA) is 78.6 Å². The fourth-order valence-electron chi connectivity index (χ4n) is 3.26. The quantitative estimate of drug-likeness (QED) is 0.775. The Kier molecular flexibility index (Phi) is 3.63. The minimum absolute atomic E-state index is 0.129. The zero-order chi connectivity index (χ0) is 14.1. The van der Waals surface area contributed by atoms with E-state index in [-0.39, 0.29) is 12.5 Å². The maximum atomic E-state index is 11.6. The van der Waals surface area contributed by atoms with Gasteiger partial charge in [0.25, 0.3) is 0 Å². The van der Waals surface area contributed by atoms with Crippen LogP contribution < -0.4 is 16.0 Å². The Labute approximate surface area is 118 Å². The molecule has 0 radical (unpaired) electrons. The summed E-state index contributed by atoms with van der Waals surface area (Å²) in [6.07, 6.45) is 4.20. The Bertz CT molecular complexity index is 518. The summed E-state index contributed by atoms with van der Waals surface area (Å²) in [5, 5.41) is 11.8. The Morgan fingerprint density at radius 1 is 1.45 bits per heavy atom. The highest BCUT2D eigenvalue weighted by Crippen LogP contribution is 2.35. The second-order valence-corrected chi connectivity index (χ2v) is 5.59. The van der Waals surface area contributed by atoms with Crippen LogP contribution in [0.3, 0.4) is 0 Å². The molecule has 1 amide bonds. The number of nitrogens with two attached hydrogens (primary N) is 1. The fourth-order valence-corrected chi connectivity index (χ4v) is 3.26. The molecule has 5 heteroatoms. The third-order valence-corrected chi connectivity index (χ3v) is 4.32. The lowest BCUT2D eigenvalue weighted by molar-refractivity contribution is -0.116. The van der Waals surface area contributed by atoms with Crippen molar-refractivity contribution in [3.8, 4) is 0 Å². The van der Waals surface area contributed by atoms with Crippen LogP contribution in [0.15, 0.2) is 18.2 Å². The molecule has 3 rings (SSSR count). The summed E-state index contributed by atoms with van der Waals surface area (Å²) in [6, 6.07) is 5.98. The second kappa shape index (κ2) is 5.42. The van der Waals surface area contributed by atoms with Gasteiger partial charge in [-0.15, -0.1) is 0 Å². The number of fused-ring (bicyclic) bond motifs is 1. The van der Waals surface area contributed by atoms with Crippen molar-refractivity contribution in [3.05, 3.63) is 23.8 Å². The van der Waals surface area contributed by atoms with Crippen molar-refractivity contribution in [2.45, 2.75) is 37.8 Å². The Morgan fingerprint density at radius 2 is 2.30 bits per heavy atom. The standard InChI is InChI=1S/C15H21N3O2/c16-14-12-6-5-11(9-13(12)17-15(14)20)18-7-1-3-10(18)4-2-8-19/h5-6,9-10,14,19H,1-4,7-8,16H2,(H,17,20). The van der Waals surface area contributed by atoms with E-state index in [0.29, 0.717) is 6.04 Å². The molecule has 2 aliphatic heterocycles. The Morgan fingerprint density at radius 3 is 3.10 bits per heavy atom. The van der Waals surface area contributed by atoms with Gasteiger partial charge in [0.1, 0.15) is 6.04 Å². The lowest BCUT2D eigenvalue weighted by Crippen LogP contribution is -2.29. The van der Waals surface area contributed by atoms with Crippen LogP contribution in [0.25, 0.3) is 0 Å². The van der Waals surface area contributed by atoms with Gasteiger partial charge in [0.15, 0.2) is 0 Å². The molecule has 2 atom stereocenters. The second-order valence-electron chi connectivity index (χ2n) is 5.59. The predicted octanol–water partition coefficient (Wildman–Crippen LogP) is 1.38. The SMILES string of the molecule is NC1C(=O)Nc2cc(N3CCCC3CCCO)ccc21. The molecule has 0 bridgehead atoms. The first-order valence-electron chi connectivity index (χ1n) is 7.28. The van der Waals surface area contributed by atoms with Crippen molar-refractivity contribution < 1.29 is 9.90 Å². The molecule has 20 heavy (non-hydrogen) atoms. The van der Waals surface area contributed by atoms with Crippen molar-refractivity contribution in [2.75, 3.05) is 23.4 Å². The maximum absolute atomic E-state index is 11.6. The van der Waals surface area contributed by atoms with Crippen molar-refractivity contribution in [1.82, 2.24) is 0 Å². The van der Waals surface area contributed by atoms with Crippen molar-refractivity contribution in [2.24, 2.45) is 5.73 Å². The lowest BCUT2D eigenvalue weighted by Gasteiger charge is -2.27. The van der Waals surface area contributed by atoms with Gasteiger partial charge in [-0.3, -0.25) is 4.79 Å². The van der Waals surface area contributed by atoms with Gasteiger partial charge in [0, 0.05) is 36.1 Å². The first kappa shape index (κ1) is 13.4. The zero-order valence-corrected chi connectivity index (χ0v) is 11.5. The molecule has 4 N–H and O–H groups in total. The number of aliphatic hydroxyl groups is 1. The molecule has 0 spiro atoms. The minimum atomic E-state index is -0.539. The van der Waals surface area contributed by atoms with E-state index in [0.717, 1.165) is 36.3 Å². The molecular formula is C15H21N3O2. The number of nitrogens with one attached hydrogen (secondary N) is 1. The molecule has 1 saturated heterocycles. The monoisotopic (exact) mass is 275 g/mol. The van der Waals surface area contributed by atoms with E-state index in [1.54, 1.807) is 0 Å². The lowest BCUT2D eigenvalue weighted by atomic mass is 10.1. The Balaban J connectivity index is 1.81. The molecule has 0 saturated carbocycles. The van der Waals surface area contributed by atoms with Crippen LogP contribution in [0.5, 0.6) is 0 Å². The Hall–Kier alpha value is -1.59. The van der Waals surface area contributed by atoms with Crippen LogP contribution in [0.1, 0.15) is 37.3 Å². The largest absolute Gasteiger partial charge is 0.396 e. The van der Waals surface area contributed by atoms with Gasteiger partial charge in [0.05, 0.1) is 0 Å². The van der Waals surface area contributed by atoms with Gasteiger partial charge in [0.2, 0.25) is 5.91 Å². The number of anilines is 2. The van der Waals surface area contributed by atoms with Crippen molar-refractivity contribution >= 4 is 17.3 Å². The molecule has 2 aliphatic rings. The van der Waals surface area contributed by atoms with Crippen LogP contribution in [0.4, 0.5) is 11.4 Å². The van der Waals surface area contributed by atoms with Crippen LogP contribution >= 0.6 is 0 Å². The summed E-state index contributed by atoms with van der Waals surface area (Å²) in [6.45, 7) is 1.29. The average Bonchev–Trinajstić information content (AvgIpc) is 3.02. The molecule has 5 nitrogen and oxygen atoms in total. The minimum Gasteiger partial charge on any atom is -0.396 e. The summed E-state index contributed by atoms with van der Waals surface area (Å²) >= 11 is 0. The predicted molar refractivity (Wildman–Crippen MR) is 78.7 cm³/mol. The van der Waals surface area contributed by atoms with Gasteiger partial charge < -0.3 is 21.1 Å². The van der Waals surface area contributed by atoms with Crippen molar-refractivity contribution in [3.63, 3.8) is 0 Å². The number of rotatable bonds is 4. The third-order valence-electron chi connectivity index (χ3n) is 4.32. The van der Waals surface area contributed by atoms with E-state index in [2.05, 4.69) is 16.3 Å².